The number of nitrogens with zero attached hydrogens (tertiary/aromatic N) is 2. The summed E-state index contributed by atoms with van der Waals surface area (Å²) in [5.41, 5.74) is -0.0733. The van der Waals surface area contributed by atoms with E-state index in [2.05, 4.69) is 9.80 Å². The number of ether oxygens (including phenoxy) is 2. The second-order valence-electron chi connectivity index (χ2n) is 7.78. The Kier molecular flexibility index (Phi) is 5.92. The van der Waals surface area contributed by atoms with Gasteiger partial charge in [-0.1, -0.05) is 6.42 Å². The Labute approximate surface area is 155 Å². The Hall–Kier alpha value is -1.37. The second-order valence-corrected chi connectivity index (χ2v) is 7.78. The highest BCUT2D eigenvalue weighted by atomic mass is 16.5. The van der Waals surface area contributed by atoms with Gasteiger partial charge in [-0.2, -0.15) is 0 Å². The third kappa shape index (κ3) is 4.30. The van der Waals surface area contributed by atoms with Gasteiger partial charge in [0.1, 0.15) is 12.0 Å². The minimum atomic E-state index is -0.0733. The van der Waals surface area contributed by atoms with Crippen molar-refractivity contribution >= 4 is 0 Å². The minimum absolute atomic E-state index is 0.0733. The third-order valence-corrected chi connectivity index (χ3v) is 6.02. The van der Waals surface area contributed by atoms with Crippen LogP contribution in [0.5, 0.6) is 5.75 Å². The molecule has 0 amide bonds. The van der Waals surface area contributed by atoms with E-state index < -0.39 is 0 Å². The highest BCUT2D eigenvalue weighted by Gasteiger charge is 2.33. The first-order valence-electron chi connectivity index (χ1n) is 10.1. The van der Waals surface area contributed by atoms with E-state index in [1.165, 1.54) is 51.5 Å². The molecule has 3 saturated heterocycles. The van der Waals surface area contributed by atoms with E-state index in [0.29, 0.717) is 36.6 Å². The summed E-state index contributed by atoms with van der Waals surface area (Å²) in [6, 6.07) is 2.21. The Balaban J connectivity index is 1.33. The SMILES string of the molecule is O=c1cc(CN2CCOCC2)occ1OC[C@@H]1CCCN2CCCC[C@H]12. The van der Waals surface area contributed by atoms with Gasteiger partial charge in [-0.15, -0.1) is 0 Å². The summed E-state index contributed by atoms with van der Waals surface area (Å²) in [6.07, 6.45) is 7.83. The molecule has 0 unspecified atom stereocenters. The van der Waals surface area contributed by atoms with Gasteiger partial charge in [0.05, 0.1) is 26.4 Å². The van der Waals surface area contributed by atoms with E-state index in [9.17, 15) is 4.79 Å². The fraction of sp³-hybridized carbons (Fsp3) is 0.750. The van der Waals surface area contributed by atoms with Crippen molar-refractivity contribution in [3.8, 4) is 5.75 Å². The van der Waals surface area contributed by atoms with E-state index in [1.807, 2.05) is 0 Å². The van der Waals surface area contributed by atoms with E-state index in [0.717, 1.165) is 26.3 Å². The first kappa shape index (κ1) is 18.0. The van der Waals surface area contributed by atoms with Gasteiger partial charge in [0, 0.05) is 31.1 Å². The molecule has 0 radical (unpaired) electrons. The Morgan fingerprint density at radius 1 is 1.08 bits per heavy atom. The second kappa shape index (κ2) is 8.55. The van der Waals surface area contributed by atoms with Gasteiger partial charge >= 0.3 is 0 Å². The number of rotatable bonds is 5. The van der Waals surface area contributed by atoms with Gasteiger partial charge in [-0.25, -0.2) is 0 Å². The lowest BCUT2D eigenvalue weighted by molar-refractivity contribution is 0.0304. The molecule has 4 heterocycles. The molecule has 4 rings (SSSR count). The first-order chi connectivity index (χ1) is 12.8. The molecular formula is C20H30N2O4. The van der Waals surface area contributed by atoms with Crippen molar-refractivity contribution in [1.29, 1.82) is 0 Å². The van der Waals surface area contributed by atoms with Crippen LogP contribution in [0.3, 0.4) is 0 Å². The van der Waals surface area contributed by atoms with Gasteiger partial charge in [0.15, 0.2) is 0 Å². The van der Waals surface area contributed by atoms with Crippen LogP contribution in [-0.4, -0.2) is 61.8 Å². The van der Waals surface area contributed by atoms with Gasteiger partial charge < -0.3 is 13.9 Å². The molecule has 0 N–H and O–H groups in total. The van der Waals surface area contributed by atoms with Crippen LogP contribution in [0.25, 0.3) is 0 Å². The van der Waals surface area contributed by atoms with E-state index >= 15 is 0 Å². The molecule has 2 atom stereocenters. The molecule has 1 aromatic heterocycles. The summed E-state index contributed by atoms with van der Waals surface area (Å²) < 4.78 is 16.9. The Morgan fingerprint density at radius 3 is 2.77 bits per heavy atom. The summed E-state index contributed by atoms with van der Waals surface area (Å²) in [7, 11) is 0. The fourth-order valence-corrected chi connectivity index (χ4v) is 4.57. The lowest BCUT2D eigenvalue weighted by Crippen LogP contribution is -2.49. The summed E-state index contributed by atoms with van der Waals surface area (Å²) in [6.45, 7) is 6.95. The average molecular weight is 362 g/mol. The fourth-order valence-electron chi connectivity index (χ4n) is 4.57. The van der Waals surface area contributed by atoms with Gasteiger partial charge in [-0.05, 0) is 38.8 Å². The van der Waals surface area contributed by atoms with Crippen LogP contribution in [0.4, 0.5) is 0 Å². The maximum Gasteiger partial charge on any atom is 0.227 e. The molecule has 0 bridgehead atoms. The highest BCUT2D eigenvalue weighted by Crippen LogP contribution is 2.31. The van der Waals surface area contributed by atoms with Crippen LogP contribution in [0.2, 0.25) is 0 Å². The third-order valence-electron chi connectivity index (χ3n) is 6.02. The van der Waals surface area contributed by atoms with Crippen molar-refractivity contribution in [3.63, 3.8) is 0 Å². The molecule has 3 fully saturated rings. The molecule has 26 heavy (non-hydrogen) atoms. The number of fused-ring (bicyclic) bond motifs is 1. The first-order valence-corrected chi connectivity index (χ1v) is 10.1. The zero-order valence-electron chi connectivity index (χ0n) is 15.5. The molecule has 0 saturated carbocycles. The van der Waals surface area contributed by atoms with Crippen LogP contribution in [0.1, 0.15) is 37.9 Å². The highest BCUT2D eigenvalue weighted by molar-refractivity contribution is 5.17. The van der Waals surface area contributed by atoms with Crippen molar-refractivity contribution in [2.24, 2.45) is 5.92 Å². The predicted molar refractivity (Wildman–Crippen MR) is 98.5 cm³/mol. The molecule has 0 spiro atoms. The molecule has 3 aliphatic heterocycles. The normalized spacial score (nSPS) is 27.8. The molecule has 6 heteroatoms. The quantitative estimate of drug-likeness (QED) is 0.800. The number of piperidine rings is 2. The summed E-state index contributed by atoms with van der Waals surface area (Å²) in [5.74, 6) is 1.57. The zero-order valence-corrected chi connectivity index (χ0v) is 15.5. The van der Waals surface area contributed by atoms with Gasteiger partial charge in [0.25, 0.3) is 0 Å². The van der Waals surface area contributed by atoms with Crippen molar-refractivity contribution < 1.29 is 13.9 Å². The largest absolute Gasteiger partial charge is 0.486 e. The average Bonchev–Trinajstić information content (AvgIpc) is 2.68. The van der Waals surface area contributed by atoms with Crippen LogP contribution < -0.4 is 10.2 Å². The summed E-state index contributed by atoms with van der Waals surface area (Å²) in [5, 5.41) is 0. The molecular weight excluding hydrogens is 332 g/mol. The minimum Gasteiger partial charge on any atom is -0.486 e. The van der Waals surface area contributed by atoms with E-state index in [-0.39, 0.29) is 5.43 Å². The van der Waals surface area contributed by atoms with Crippen molar-refractivity contribution in [2.45, 2.75) is 44.7 Å². The zero-order chi connectivity index (χ0) is 17.8. The predicted octanol–water partition coefficient (Wildman–Crippen LogP) is 2.12. The molecule has 6 nitrogen and oxygen atoms in total. The number of morpholine rings is 1. The van der Waals surface area contributed by atoms with E-state index in [1.54, 1.807) is 6.07 Å². The Morgan fingerprint density at radius 2 is 1.92 bits per heavy atom. The van der Waals surface area contributed by atoms with Gasteiger partial charge in [-0.3, -0.25) is 14.6 Å². The maximum absolute atomic E-state index is 12.4. The van der Waals surface area contributed by atoms with Crippen LogP contribution in [-0.2, 0) is 11.3 Å². The smallest absolute Gasteiger partial charge is 0.227 e. The molecule has 1 aromatic rings. The molecule has 3 aliphatic rings. The number of hydrogen-bond acceptors (Lipinski definition) is 6. The topological polar surface area (TPSA) is 55.2 Å². The lowest BCUT2D eigenvalue weighted by atomic mass is 9.84. The Bertz CT molecular complexity index is 639. The van der Waals surface area contributed by atoms with E-state index in [4.69, 9.17) is 13.9 Å². The van der Waals surface area contributed by atoms with Crippen LogP contribution in [0.15, 0.2) is 21.5 Å². The number of hydrogen-bond donors (Lipinski definition) is 0. The van der Waals surface area contributed by atoms with Crippen molar-refractivity contribution in [1.82, 2.24) is 9.80 Å². The summed E-state index contributed by atoms with van der Waals surface area (Å²) >= 11 is 0. The van der Waals surface area contributed by atoms with Gasteiger partial charge in [0.2, 0.25) is 11.2 Å². The summed E-state index contributed by atoms with van der Waals surface area (Å²) in [4.78, 5) is 17.3. The molecule has 0 aliphatic carbocycles. The molecule has 144 valence electrons. The maximum atomic E-state index is 12.4. The van der Waals surface area contributed by atoms with Crippen molar-refractivity contribution in [2.75, 3.05) is 46.0 Å². The molecule has 0 aromatic carbocycles. The lowest BCUT2D eigenvalue weighted by Gasteiger charge is -2.44. The van der Waals surface area contributed by atoms with Crippen molar-refractivity contribution in [3.05, 3.63) is 28.3 Å². The van der Waals surface area contributed by atoms with Crippen LogP contribution in [0, 0.1) is 5.92 Å². The standard InChI is InChI=1S/C20H30N2O4/c23-19-12-17(13-21-8-10-24-11-9-21)25-15-20(19)26-14-16-4-3-7-22-6-2-1-5-18(16)22/h12,15-16,18H,1-11,13-14H2/t16-,18+/m0/s1. The monoisotopic (exact) mass is 362 g/mol. The van der Waals surface area contributed by atoms with Crippen LogP contribution >= 0.6 is 0 Å².